The smallest absolute Gasteiger partial charge is 0.297 e. The van der Waals surface area contributed by atoms with E-state index in [0.29, 0.717) is 16.2 Å². The van der Waals surface area contributed by atoms with E-state index in [2.05, 4.69) is 5.10 Å². The molecule has 3 heterocycles. The second-order valence-electron chi connectivity index (χ2n) is 7.80. The molecular weight excluding hydrogens is 446 g/mol. The number of aryl methyl sites for hydroxylation is 1. The lowest BCUT2D eigenvalue weighted by Gasteiger charge is -2.07. The number of thiazole rings is 1. The first kappa shape index (κ1) is 21.7. The highest BCUT2D eigenvalue weighted by Gasteiger charge is 2.16. The van der Waals surface area contributed by atoms with Crippen molar-refractivity contribution >= 4 is 23.2 Å². The van der Waals surface area contributed by atoms with Crippen LogP contribution in [0.4, 0.5) is 5.69 Å². The number of hydrogen-bond acceptors (Lipinski definition) is 5. The summed E-state index contributed by atoms with van der Waals surface area (Å²) >= 11 is 1.43. The van der Waals surface area contributed by atoms with Crippen molar-refractivity contribution in [1.82, 2.24) is 14.0 Å². The van der Waals surface area contributed by atoms with Gasteiger partial charge in [0, 0.05) is 18.0 Å². The van der Waals surface area contributed by atoms with Gasteiger partial charge in [-0.25, -0.2) is 14.4 Å². The maximum atomic E-state index is 13.4. The molecule has 3 aromatic heterocycles. The van der Waals surface area contributed by atoms with Gasteiger partial charge in [0.05, 0.1) is 23.3 Å². The van der Waals surface area contributed by atoms with Crippen molar-refractivity contribution < 1.29 is 4.42 Å². The van der Waals surface area contributed by atoms with E-state index in [1.807, 2.05) is 104 Å². The van der Waals surface area contributed by atoms with Crippen molar-refractivity contribution in [2.45, 2.75) is 13.8 Å². The Kier molecular flexibility index (Phi) is 5.73. The molecule has 34 heavy (non-hydrogen) atoms. The highest BCUT2D eigenvalue weighted by Crippen LogP contribution is 2.21. The zero-order valence-electron chi connectivity index (χ0n) is 19.0. The predicted molar refractivity (Wildman–Crippen MR) is 135 cm³/mol. The summed E-state index contributed by atoms with van der Waals surface area (Å²) in [5.41, 5.74) is 3.62. The molecule has 0 saturated heterocycles. The van der Waals surface area contributed by atoms with Gasteiger partial charge in [0.15, 0.2) is 5.69 Å². The van der Waals surface area contributed by atoms with Crippen LogP contribution in [0.1, 0.15) is 17.2 Å². The molecule has 0 N–H and O–H groups in total. The number of nitrogens with zero attached hydrogens (tertiary/aromatic N) is 5. The minimum Gasteiger partial charge on any atom is -0.460 e. The second-order valence-corrected chi connectivity index (χ2v) is 8.63. The van der Waals surface area contributed by atoms with Crippen molar-refractivity contribution in [3.8, 4) is 16.9 Å². The molecule has 0 amide bonds. The Bertz CT molecular complexity index is 1600. The summed E-state index contributed by atoms with van der Waals surface area (Å²) in [7, 11) is 1.86. The zero-order chi connectivity index (χ0) is 23.7. The van der Waals surface area contributed by atoms with Gasteiger partial charge in [-0.1, -0.05) is 48.5 Å². The van der Waals surface area contributed by atoms with E-state index in [-0.39, 0.29) is 5.56 Å². The molecule has 0 saturated carbocycles. The Hall–Kier alpha value is -4.17. The highest BCUT2D eigenvalue weighted by molar-refractivity contribution is 7.07. The molecule has 170 valence electrons. The van der Waals surface area contributed by atoms with Crippen molar-refractivity contribution in [2.75, 3.05) is 0 Å². The first-order chi connectivity index (χ1) is 16.5. The van der Waals surface area contributed by atoms with Gasteiger partial charge < -0.3 is 4.42 Å². The average Bonchev–Trinajstić information content (AvgIpc) is 3.52. The van der Waals surface area contributed by atoms with Crippen LogP contribution in [0.25, 0.3) is 16.9 Å². The number of rotatable bonds is 5. The molecule has 0 aliphatic carbocycles. The van der Waals surface area contributed by atoms with Gasteiger partial charge >= 0.3 is 0 Å². The van der Waals surface area contributed by atoms with Crippen molar-refractivity contribution in [3.05, 3.63) is 111 Å². The van der Waals surface area contributed by atoms with Gasteiger partial charge in [-0.3, -0.25) is 9.48 Å². The van der Waals surface area contributed by atoms with Crippen LogP contribution >= 0.6 is 11.3 Å². The van der Waals surface area contributed by atoms with Crippen molar-refractivity contribution in [3.63, 3.8) is 0 Å². The summed E-state index contributed by atoms with van der Waals surface area (Å²) in [5, 5.41) is 6.66. The third kappa shape index (κ3) is 3.99. The summed E-state index contributed by atoms with van der Waals surface area (Å²) < 4.78 is 10.8. The van der Waals surface area contributed by atoms with Crippen LogP contribution in [-0.2, 0) is 7.05 Å². The number of hydrogen-bond donors (Lipinski definition) is 0. The van der Waals surface area contributed by atoms with Crippen LogP contribution in [0, 0.1) is 13.8 Å². The standard InChI is InChI=1S/C26H23N5O2S/c1-18-14-15-22(33-18)16-27-30-23(20-10-6-4-7-11-20)17-34-26(30)28-24-19(2)29(3)31(25(24)32)21-12-8-5-9-13-21/h4-17H,1-3H3. The summed E-state index contributed by atoms with van der Waals surface area (Å²) in [4.78, 5) is 18.8. The van der Waals surface area contributed by atoms with Crippen LogP contribution < -0.4 is 10.4 Å². The molecule has 2 aromatic carbocycles. The molecule has 7 nitrogen and oxygen atoms in total. The lowest BCUT2D eigenvalue weighted by atomic mass is 10.2. The fraction of sp³-hybridized carbons (Fsp3) is 0.115. The minimum absolute atomic E-state index is 0.182. The molecule has 0 unspecified atom stereocenters. The molecular formula is C26H23N5O2S. The Labute approximate surface area is 200 Å². The maximum Gasteiger partial charge on any atom is 0.297 e. The Morgan fingerprint density at radius 2 is 1.65 bits per heavy atom. The minimum atomic E-state index is -0.182. The fourth-order valence-corrected chi connectivity index (χ4v) is 4.55. The van der Waals surface area contributed by atoms with E-state index < -0.39 is 0 Å². The van der Waals surface area contributed by atoms with Gasteiger partial charge in [0.1, 0.15) is 11.5 Å². The highest BCUT2D eigenvalue weighted by atomic mass is 32.1. The van der Waals surface area contributed by atoms with Gasteiger partial charge in [-0.05, 0) is 38.1 Å². The fourth-order valence-electron chi connectivity index (χ4n) is 3.71. The van der Waals surface area contributed by atoms with E-state index in [1.54, 1.807) is 15.6 Å². The van der Waals surface area contributed by atoms with Crippen LogP contribution in [0.2, 0.25) is 0 Å². The van der Waals surface area contributed by atoms with Gasteiger partial charge in [-0.15, -0.1) is 11.3 Å². The quantitative estimate of drug-likeness (QED) is 0.339. The number of benzene rings is 2. The summed E-state index contributed by atoms with van der Waals surface area (Å²) in [6.45, 7) is 3.78. The number of furan rings is 1. The first-order valence-electron chi connectivity index (χ1n) is 10.8. The van der Waals surface area contributed by atoms with Crippen LogP contribution in [0.5, 0.6) is 0 Å². The summed E-state index contributed by atoms with van der Waals surface area (Å²) in [6, 6.07) is 23.3. The molecule has 8 heteroatoms. The van der Waals surface area contributed by atoms with Gasteiger partial charge in [0.25, 0.3) is 5.56 Å². The monoisotopic (exact) mass is 469 g/mol. The first-order valence-corrected chi connectivity index (χ1v) is 11.7. The third-order valence-electron chi connectivity index (χ3n) is 5.55. The van der Waals surface area contributed by atoms with Crippen LogP contribution in [0.15, 0.2) is 97.5 Å². The molecule has 0 bridgehead atoms. The molecule has 0 aliphatic rings. The van der Waals surface area contributed by atoms with E-state index in [9.17, 15) is 4.79 Å². The Balaban J connectivity index is 1.69. The number of para-hydroxylation sites is 1. The molecule has 5 rings (SSSR count). The van der Waals surface area contributed by atoms with Crippen molar-refractivity contribution in [1.29, 1.82) is 0 Å². The molecule has 0 aliphatic heterocycles. The normalized spacial score (nSPS) is 12.1. The molecule has 0 atom stereocenters. The van der Waals surface area contributed by atoms with Gasteiger partial charge in [0.2, 0.25) is 4.80 Å². The summed E-state index contributed by atoms with van der Waals surface area (Å²) in [5.74, 6) is 1.45. The van der Waals surface area contributed by atoms with Gasteiger partial charge in [-0.2, -0.15) is 5.10 Å². The predicted octanol–water partition coefficient (Wildman–Crippen LogP) is 5.03. The Morgan fingerprint density at radius 3 is 2.32 bits per heavy atom. The van der Waals surface area contributed by atoms with Crippen molar-refractivity contribution in [2.24, 2.45) is 17.1 Å². The maximum absolute atomic E-state index is 13.4. The Morgan fingerprint density at radius 1 is 0.941 bits per heavy atom. The zero-order valence-corrected chi connectivity index (χ0v) is 19.9. The molecule has 0 fully saturated rings. The molecule has 0 radical (unpaired) electrons. The topological polar surface area (TPSA) is 69.7 Å². The largest absolute Gasteiger partial charge is 0.460 e. The average molecular weight is 470 g/mol. The SMILES string of the molecule is Cc1ccc(C=Nn2c(-c3ccccc3)csc2=Nc2c(C)n(C)n(-c3ccccc3)c2=O)o1. The lowest BCUT2D eigenvalue weighted by molar-refractivity contribution is 0.527. The lowest BCUT2D eigenvalue weighted by Crippen LogP contribution is -2.19. The molecule has 0 spiro atoms. The second kappa shape index (κ2) is 8.99. The van der Waals surface area contributed by atoms with Crippen LogP contribution in [-0.4, -0.2) is 20.3 Å². The van der Waals surface area contributed by atoms with E-state index >= 15 is 0 Å². The van der Waals surface area contributed by atoms with E-state index in [4.69, 9.17) is 9.41 Å². The third-order valence-corrected chi connectivity index (χ3v) is 6.36. The number of aromatic nitrogens is 3. The molecule has 5 aromatic rings. The van der Waals surface area contributed by atoms with Crippen LogP contribution in [0.3, 0.4) is 0 Å². The van der Waals surface area contributed by atoms with E-state index in [1.165, 1.54) is 11.3 Å². The summed E-state index contributed by atoms with van der Waals surface area (Å²) in [6.07, 6.45) is 1.66. The van der Waals surface area contributed by atoms with E-state index in [0.717, 1.165) is 28.4 Å².